The van der Waals surface area contributed by atoms with Crippen molar-refractivity contribution in [2.24, 2.45) is 17.4 Å². The smallest absolute Gasteiger partial charge is 0.321 e. The Labute approximate surface area is 242 Å². The Bertz CT molecular complexity index is 661. The summed E-state index contributed by atoms with van der Waals surface area (Å²) in [7, 11) is 8.38. The van der Waals surface area contributed by atoms with Crippen molar-refractivity contribution in [1.82, 2.24) is 10.6 Å². The first kappa shape index (κ1) is 41.4. The molecule has 14 nitrogen and oxygen atoms in total. The van der Waals surface area contributed by atoms with Crippen LogP contribution in [0.5, 0.6) is 0 Å². The van der Waals surface area contributed by atoms with Crippen LogP contribution < -0.4 is 22.1 Å². The van der Waals surface area contributed by atoms with Crippen LogP contribution in [0.1, 0.15) is 13.3 Å². The van der Waals surface area contributed by atoms with Crippen molar-refractivity contribution in [2.45, 2.75) is 37.5 Å². The zero-order valence-corrected chi connectivity index (χ0v) is 25.3. The van der Waals surface area contributed by atoms with E-state index in [2.05, 4.69) is 23.3 Å². The fourth-order valence-electron chi connectivity index (χ4n) is 1.57. The number of carboxylic acid groups (broad SMARTS) is 5. The van der Waals surface area contributed by atoms with Gasteiger partial charge in [0.25, 0.3) is 0 Å². The van der Waals surface area contributed by atoms with Gasteiger partial charge in [0.1, 0.15) is 24.2 Å². The van der Waals surface area contributed by atoms with Gasteiger partial charge >= 0.3 is 29.8 Å². The van der Waals surface area contributed by atoms with E-state index in [4.69, 9.17) is 37.0 Å². The Kier molecular flexibility index (Phi) is 28.5. The summed E-state index contributed by atoms with van der Waals surface area (Å²) in [5.41, 5.74) is 10.4. The third kappa shape index (κ3) is 24.0. The van der Waals surface area contributed by atoms with E-state index in [1.807, 2.05) is 6.92 Å². The number of hydrogen-bond acceptors (Lipinski definition) is 14. The molecular formula is C19H38N4O10S5. The summed E-state index contributed by atoms with van der Waals surface area (Å²) in [5.74, 6) is -3.32. The van der Waals surface area contributed by atoms with E-state index in [1.165, 1.54) is 43.2 Å². The molecule has 0 heterocycles. The summed E-state index contributed by atoms with van der Waals surface area (Å²) in [6, 6.07) is -2.94. The summed E-state index contributed by atoms with van der Waals surface area (Å²) in [4.78, 5) is 51.9. The maximum absolute atomic E-state index is 10.7. The molecule has 5 atom stereocenters. The van der Waals surface area contributed by atoms with E-state index in [0.717, 1.165) is 0 Å². The molecule has 5 unspecified atom stereocenters. The largest absolute Gasteiger partial charge is 0.481 e. The molecule has 0 aromatic heterocycles. The van der Waals surface area contributed by atoms with Crippen LogP contribution in [-0.2, 0) is 24.0 Å². The van der Waals surface area contributed by atoms with Crippen molar-refractivity contribution in [1.29, 1.82) is 0 Å². The molecule has 0 fully saturated rings. The van der Waals surface area contributed by atoms with Gasteiger partial charge in [-0.1, -0.05) is 50.1 Å². The molecular weight excluding hydrogens is 605 g/mol. The first-order valence-corrected chi connectivity index (χ1v) is 16.4. The summed E-state index contributed by atoms with van der Waals surface area (Å²) in [6.07, 6.45) is 0.595. The minimum Gasteiger partial charge on any atom is -0.481 e. The number of aliphatic carboxylic acids is 5. The molecule has 0 aromatic rings. The number of thiol groups is 1. The van der Waals surface area contributed by atoms with E-state index in [-0.39, 0.29) is 17.4 Å². The molecule has 0 aliphatic rings. The van der Waals surface area contributed by atoms with E-state index in [1.54, 1.807) is 14.1 Å². The number of carbonyl (C=O) groups is 5. The molecule has 0 aromatic carbocycles. The van der Waals surface area contributed by atoms with Crippen LogP contribution in [0, 0.1) is 5.92 Å². The van der Waals surface area contributed by atoms with E-state index >= 15 is 0 Å². The molecule has 0 saturated heterocycles. The molecule has 0 aliphatic heterocycles. The van der Waals surface area contributed by atoms with Gasteiger partial charge < -0.3 is 47.6 Å². The van der Waals surface area contributed by atoms with Gasteiger partial charge in [0.15, 0.2) is 0 Å². The Hall–Kier alpha value is -1.06. The Morgan fingerprint density at radius 2 is 1.03 bits per heavy atom. The summed E-state index contributed by atoms with van der Waals surface area (Å²) < 4.78 is 0. The first-order valence-electron chi connectivity index (χ1n) is 10.8. The van der Waals surface area contributed by atoms with Crippen LogP contribution in [-0.4, -0.2) is 122 Å². The zero-order valence-electron chi connectivity index (χ0n) is 21.1. The number of hydrogen-bond donors (Lipinski definition) is 10. The summed E-state index contributed by atoms with van der Waals surface area (Å²) in [6.45, 7) is 1.83. The maximum Gasteiger partial charge on any atom is 0.321 e. The van der Waals surface area contributed by atoms with Gasteiger partial charge in [-0.3, -0.25) is 24.0 Å². The molecule has 0 rings (SSSR count). The highest BCUT2D eigenvalue weighted by atomic mass is 33.1. The third-order valence-electron chi connectivity index (χ3n) is 4.12. The molecule has 0 bridgehead atoms. The van der Waals surface area contributed by atoms with Crippen LogP contribution in [0.15, 0.2) is 0 Å². The minimum absolute atomic E-state index is 0.229. The average molecular weight is 643 g/mol. The zero-order chi connectivity index (χ0) is 30.3. The SMILES string of the molecule is CCC(CSSCC(NC)C(=O)O)C(=O)O.CNC(CS)C(=O)O.NC(CSSCC(N)C(=O)O)C(=O)O. The maximum atomic E-state index is 10.7. The van der Waals surface area contributed by atoms with Crippen LogP contribution >= 0.6 is 55.8 Å². The van der Waals surface area contributed by atoms with Crippen molar-refractivity contribution >= 4 is 85.7 Å². The monoisotopic (exact) mass is 642 g/mol. The Morgan fingerprint density at radius 3 is 1.26 bits per heavy atom. The molecule has 0 radical (unpaired) electrons. The molecule has 11 N–H and O–H groups in total. The van der Waals surface area contributed by atoms with Gasteiger partial charge in [0.05, 0.1) is 5.92 Å². The number of likely N-dealkylation sites (N-methyl/N-ethyl adjacent to an activating group) is 2. The van der Waals surface area contributed by atoms with Crippen molar-refractivity contribution < 1.29 is 49.5 Å². The minimum atomic E-state index is -1.07. The van der Waals surface area contributed by atoms with E-state index in [9.17, 15) is 24.0 Å². The highest BCUT2D eigenvalue weighted by Crippen LogP contribution is 2.26. The lowest BCUT2D eigenvalue weighted by Crippen LogP contribution is -2.35. The lowest BCUT2D eigenvalue weighted by Gasteiger charge is -2.11. The fraction of sp³-hybridized carbons (Fsp3) is 0.737. The molecule has 0 spiro atoms. The Balaban J connectivity index is -0.000000510. The summed E-state index contributed by atoms with van der Waals surface area (Å²) >= 11 is 3.79. The Morgan fingerprint density at radius 1 is 0.658 bits per heavy atom. The second kappa shape index (κ2) is 26.2. The lowest BCUT2D eigenvalue weighted by molar-refractivity contribution is -0.141. The predicted octanol–water partition coefficient (Wildman–Crippen LogP) is -0.0684. The second-order valence-electron chi connectivity index (χ2n) is 7.01. The number of rotatable bonds is 19. The number of nitrogens with two attached hydrogens (primary N) is 2. The first-order chi connectivity index (χ1) is 17.7. The molecule has 38 heavy (non-hydrogen) atoms. The normalized spacial score (nSPS) is 14.3. The quantitative estimate of drug-likeness (QED) is 0.0502. The topological polar surface area (TPSA) is 263 Å². The van der Waals surface area contributed by atoms with E-state index < -0.39 is 54.0 Å². The highest BCUT2D eigenvalue weighted by molar-refractivity contribution is 8.77. The van der Waals surface area contributed by atoms with Crippen LogP contribution in [0.25, 0.3) is 0 Å². The van der Waals surface area contributed by atoms with E-state index in [0.29, 0.717) is 23.7 Å². The summed E-state index contributed by atoms with van der Waals surface area (Å²) in [5, 5.41) is 47.9. The fourth-order valence-corrected chi connectivity index (χ4v) is 6.79. The molecule has 224 valence electrons. The van der Waals surface area contributed by atoms with Gasteiger partial charge in [-0.2, -0.15) is 12.6 Å². The van der Waals surface area contributed by atoms with Gasteiger partial charge in [0.2, 0.25) is 0 Å². The van der Waals surface area contributed by atoms with Crippen molar-refractivity contribution in [3.8, 4) is 0 Å². The molecule has 0 saturated carbocycles. The standard InChI is InChI=1S/C9H17NO4S2.C6H12N2O4S2.C4H9NO2S/c1-3-6(8(11)12)4-15-16-5-7(10-2)9(13)14;7-3(5(9)10)1-13-14-2-4(8)6(11)12;1-5-3(2-8)4(6)7/h6-7,10H,3-5H2,1-2H3,(H,11,12)(H,13,14);3-4H,1-2,7-8H2,(H,9,10)(H,11,12);3,5,8H,2H2,1H3,(H,6,7). The predicted molar refractivity (Wildman–Crippen MR) is 157 cm³/mol. The van der Waals surface area contributed by atoms with Gasteiger partial charge in [-0.05, 0) is 20.5 Å². The van der Waals surface area contributed by atoms with Crippen molar-refractivity contribution in [3.05, 3.63) is 0 Å². The van der Waals surface area contributed by atoms with Gasteiger partial charge in [0, 0.05) is 28.8 Å². The van der Waals surface area contributed by atoms with Crippen LogP contribution in [0.2, 0.25) is 0 Å². The third-order valence-corrected chi connectivity index (χ3v) is 9.45. The number of nitrogens with one attached hydrogen (secondary N) is 2. The highest BCUT2D eigenvalue weighted by Gasteiger charge is 2.18. The molecule has 0 amide bonds. The van der Waals surface area contributed by atoms with Crippen LogP contribution in [0.4, 0.5) is 0 Å². The second-order valence-corrected chi connectivity index (χ2v) is 12.5. The molecule has 0 aliphatic carbocycles. The van der Waals surface area contributed by atoms with Gasteiger partial charge in [-0.15, -0.1) is 0 Å². The number of carboxylic acids is 5. The van der Waals surface area contributed by atoms with Crippen molar-refractivity contribution in [3.63, 3.8) is 0 Å². The lowest BCUT2D eigenvalue weighted by atomic mass is 10.1. The van der Waals surface area contributed by atoms with Crippen LogP contribution in [0.3, 0.4) is 0 Å². The molecule has 19 heteroatoms. The van der Waals surface area contributed by atoms with Crippen molar-refractivity contribution in [2.75, 3.05) is 42.9 Å². The van der Waals surface area contributed by atoms with Gasteiger partial charge in [-0.25, -0.2) is 0 Å². The average Bonchev–Trinajstić information content (AvgIpc) is 2.84.